The second-order valence-electron chi connectivity index (χ2n) is 6.57. The van der Waals surface area contributed by atoms with Crippen LogP contribution in [0.15, 0.2) is 0 Å². The monoisotopic (exact) mass is 221 g/mol. The Morgan fingerprint density at radius 2 is 1.75 bits per heavy atom. The summed E-state index contributed by atoms with van der Waals surface area (Å²) in [7, 11) is 0. The fraction of sp³-hybridized carbons (Fsp3) is 0.929. The molecule has 2 nitrogen and oxygen atoms in total. The van der Waals surface area contributed by atoms with Gasteiger partial charge in [0.15, 0.2) is 0 Å². The van der Waals surface area contributed by atoms with Gasteiger partial charge in [-0.3, -0.25) is 0 Å². The lowest BCUT2D eigenvalue weighted by molar-refractivity contribution is -0.0476. The molecule has 1 atom stereocenters. The minimum absolute atomic E-state index is 0.361. The minimum Gasteiger partial charge on any atom is -0.391 e. The SMILES string of the molecule is CC1(C)CCC(C#N)(C(O)C2CCC2)CC1. The van der Waals surface area contributed by atoms with Crippen molar-refractivity contribution in [3.63, 3.8) is 0 Å². The van der Waals surface area contributed by atoms with Gasteiger partial charge in [-0.2, -0.15) is 5.26 Å². The lowest BCUT2D eigenvalue weighted by atomic mass is 9.59. The zero-order chi connectivity index (χ0) is 11.8. The van der Waals surface area contributed by atoms with E-state index in [9.17, 15) is 10.4 Å². The Hall–Kier alpha value is -0.550. The second kappa shape index (κ2) is 4.04. The van der Waals surface area contributed by atoms with Crippen molar-refractivity contribution in [2.24, 2.45) is 16.7 Å². The van der Waals surface area contributed by atoms with Gasteiger partial charge in [-0.25, -0.2) is 0 Å². The maximum absolute atomic E-state index is 10.4. The van der Waals surface area contributed by atoms with Gasteiger partial charge in [-0.05, 0) is 49.9 Å². The smallest absolute Gasteiger partial charge is 0.0835 e. The molecule has 1 unspecified atom stereocenters. The molecule has 90 valence electrons. The summed E-state index contributed by atoms with van der Waals surface area (Å²) < 4.78 is 0. The Morgan fingerprint density at radius 3 is 2.12 bits per heavy atom. The Morgan fingerprint density at radius 1 is 1.19 bits per heavy atom. The standard InChI is InChI=1S/C14H23NO/c1-13(2)6-8-14(10-15,9-7-13)12(16)11-4-3-5-11/h11-12,16H,3-9H2,1-2H3. The molecular formula is C14H23NO. The molecule has 16 heavy (non-hydrogen) atoms. The van der Waals surface area contributed by atoms with Crippen LogP contribution < -0.4 is 0 Å². The Kier molecular flexibility index (Phi) is 3.01. The fourth-order valence-electron chi connectivity index (χ4n) is 3.05. The van der Waals surface area contributed by atoms with Crippen molar-refractivity contribution in [3.05, 3.63) is 0 Å². The zero-order valence-corrected chi connectivity index (χ0v) is 10.5. The van der Waals surface area contributed by atoms with E-state index in [4.69, 9.17) is 0 Å². The summed E-state index contributed by atoms with van der Waals surface area (Å²) in [5, 5.41) is 19.8. The van der Waals surface area contributed by atoms with E-state index in [0.29, 0.717) is 11.3 Å². The van der Waals surface area contributed by atoms with Gasteiger partial charge in [0.05, 0.1) is 17.6 Å². The van der Waals surface area contributed by atoms with Crippen molar-refractivity contribution in [3.8, 4) is 6.07 Å². The fourth-order valence-corrected chi connectivity index (χ4v) is 3.05. The summed E-state index contributed by atoms with van der Waals surface area (Å²) in [6.07, 6.45) is 7.01. The third kappa shape index (κ3) is 1.98. The molecule has 2 rings (SSSR count). The van der Waals surface area contributed by atoms with E-state index in [1.807, 2.05) is 0 Å². The molecule has 0 amide bonds. The second-order valence-corrected chi connectivity index (χ2v) is 6.57. The molecule has 0 aromatic rings. The van der Waals surface area contributed by atoms with Crippen LogP contribution in [0.3, 0.4) is 0 Å². The molecular weight excluding hydrogens is 198 g/mol. The number of rotatable bonds is 2. The number of aliphatic hydroxyl groups is 1. The number of hydrogen-bond acceptors (Lipinski definition) is 2. The lowest BCUT2D eigenvalue weighted by Gasteiger charge is -2.46. The molecule has 2 saturated carbocycles. The molecule has 0 heterocycles. The first-order chi connectivity index (χ1) is 7.49. The average molecular weight is 221 g/mol. The lowest BCUT2D eigenvalue weighted by Crippen LogP contribution is -2.45. The van der Waals surface area contributed by atoms with Crippen LogP contribution in [0.5, 0.6) is 0 Å². The van der Waals surface area contributed by atoms with E-state index in [1.165, 1.54) is 6.42 Å². The highest BCUT2D eigenvalue weighted by atomic mass is 16.3. The predicted octanol–water partition coefficient (Wildman–Crippen LogP) is 3.26. The molecule has 2 aliphatic carbocycles. The quantitative estimate of drug-likeness (QED) is 0.777. The van der Waals surface area contributed by atoms with Crippen LogP contribution in [0.4, 0.5) is 0 Å². The van der Waals surface area contributed by atoms with Gasteiger partial charge >= 0.3 is 0 Å². The van der Waals surface area contributed by atoms with Gasteiger partial charge in [0.25, 0.3) is 0 Å². The topological polar surface area (TPSA) is 44.0 Å². The van der Waals surface area contributed by atoms with E-state index >= 15 is 0 Å². The maximum atomic E-state index is 10.4. The van der Waals surface area contributed by atoms with Crippen molar-refractivity contribution in [2.75, 3.05) is 0 Å². The van der Waals surface area contributed by atoms with Crippen LogP contribution in [0, 0.1) is 28.1 Å². The summed E-state index contributed by atoms with van der Waals surface area (Å²) in [4.78, 5) is 0. The van der Waals surface area contributed by atoms with Crippen LogP contribution in [0.1, 0.15) is 58.8 Å². The van der Waals surface area contributed by atoms with E-state index in [2.05, 4.69) is 19.9 Å². The average Bonchev–Trinajstić information content (AvgIpc) is 2.16. The van der Waals surface area contributed by atoms with E-state index in [0.717, 1.165) is 38.5 Å². The number of hydrogen-bond donors (Lipinski definition) is 1. The van der Waals surface area contributed by atoms with E-state index in [1.54, 1.807) is 0 Å². The summed E-state index contributed by atoms with van der Waals surface area (Å²) in [6, 6.07) is 2.45. The third-order valence-corrected chi connectivity index (χ3v) is 4.88. The molecule has 0 aromatic carbocycles. The summed E-state index contributed by atoms with van der Waals surface area (Å²) in [5.74, 6) is 0.404. The summed E-state index contributed by atoms with van der Waals surface area (Å²) >= 11 is 0. The van der Waals surface area contributed by atoms with E-state index in [-0.39, 0.29) is 6.10 Å². The Balaban J connectivity index is 2.06. The molecule has 0 bridgehead atoms. The molecule has 0 aromatic heterocycles. The molecule has 1 N–H and O–H groups in total. The van der Waals surface area contributed by atoms with Crippen molar-refractivity contribution >= 4 is 0 Å². The summed E-state index contributed by atoms with van der Waals surface area (Å²) in [6.45, 7) is 4.54. The van der Waals surface area contributed by atoms with Gasteiger partial charge in [0.2, 0.25) is 0 Å². The summed E-state index contributed by atoms with van der Waals surface area (Å²) in [5.41, 5.74) is -0.0692. The Labute approximate surface area is 98.7 Å². The molecule has 2 fully saturated rings. The molecule has 0 saturated heterocycles. The van der Waals surface area contributed by atoms with Gasteiger partial charge < -0.3 is 5.11 Å². The largest absolute Gasteiger partial charge is 0.391 e. The molecule has 0 radical (unpaired) electrons. The van der Waals surface area contributed by atoms with Crippen LogP contribution in [-0.2, 0) is 0 Å². The predicted molar refractivity (Wildman–Crippen MR) is 63.6 cm³/mol. The van der Waals surface area contributed by atoms with Gasteiger partial charge in [-0.15, -0.1) is 0 Å². The highest BCUT2D eigenvalue weighted by Gasteiger charge is 2.47. The van der Waals surface area contributed by atoms with Crippen molar-refractivity contribution in [1.82, 2.24) is 0 Å². The first kappa shape index (κ1) is 11.9. The van der Waals surface area contributed by atoms with E-state index < -0.39 is 5.41 Å². The van der Waals surface area contributed by atoms with Gasteiger partial charge in [0, 0.05) is 0 Å². The zero-order valence-electron chi connectivity index (χ0n) is 10.5. The van der Waals surface area contributed by atoms with Crippen molar-refractivity contribution < 1.29 is 5.11 Å². The first-order valence-electron chi connectivity index (χ1n) is 6.58. The molecule has 0 spiro atoms. The van der Waals surface area contributed by atoms with Crippen molar-refractivity contribution in [1.29, 1.82) is 5.26 Å². The van der Waals surface area contributed by atoms with Crippen LogP contribution in [-0.4, -0.2) is 11.2 Å². The van der Waals surface area contributed by atoms with Gasteiger partial charge in [0.1, 0.15) is 0 Å². The van der Waals surface area contributed by atoms with Crippen molar-refractivity contribution in [2.45, 2.75) is 64.9 Å². The molecule has 0 aliphatic heterocycles. The minimum atomic E-state index is -0.430. The molecule has 2 aliphatic rings. The number of nitrogens with zero attached hydrogens (tertiary/aromatic N) is 1. The highest BCUT2D eigenvalue weighted by Crippen LogP contribution is 2.50. The Bertz CT molecular complexity index is 288. The van der Waals surface area contributed by atoms with Gasteiger partial charge in [-0.1, -0.05) is 20.3 Å². The normalized spacial score (nSPS) is 30.1. The van der Waals surface area contributed by atoms with Crippen LogP contribution in [0.25, 0.3) is 0 Å². The third-order valence-electron chi connectivity index (χ3n) is 4.88. The maximum Gasteiger partial charge on any atom is 0.0835 e. The van der Waals surface area contributed by atoms with Crippen LogP contribution >= 0.6 is 0 Å². The molecule has 2 heteroatoms. The first-order valence-corrected chi connectivity index (χ1v) is 6.58. The highest BCUT2D eigenvalue weighted by molar-refractivity contribution is 5.09. The van der Waals surface area contributed by atoms with Crippen LogP contribution in [0.2, 0.25) is 0 Å². The number of nitriles is 1. The number of aliphatic hydroxyl groups excluding tert-OH is 1.